The van der Waals surface area contributed by atoms with E-state index < -0.39 is 6.03 Å². The lowest BCUT2D eigenvalue weighted by atomic mass is 10.0. The van der Waals surface area contributed by atoms with Gasteiger partial charge >= 0.3 is 6.03 Å². The molecule has 2 N–H and O–H groups in total. The maximum absolute atomic E-state index is 12.1. The third-order valence-electron chi connectivity index (χ3n) is 4.59. The Bertz CT molecular complexity index is 784. The van der Waals surface area contributed by atoms with Gasteiger partial charge in [-0.05, 0) is 30.9 Å². The van der Waals surface area contributed by atoms with Gasteiger partial charge in [-0.1, -0.05) is 25.0 Å². The Morgan fingerprint density at radius 2 is 2.00 bits per heavy atom. The number of anilines is 1. The first-order valence-corrected chi connectivity index (χ1v) is 8.78. The number of nitrogens with zero attached hydrogens (tertiary/aromatic N) is 3. The number of nitrogens with one attached hydrogen (secondary N) is 1. The molecule has 1 aliphatic heterocycles. The highest BCUT2D eigenvalue weighted by atomic mass is 16.3. The first-order chi connectivity index (χ1) is 12.1. The standard InChI is InChI=1S/C18H24N4O3/c1-21-16-13(7-4-2-3-5-12-23)8-6-9-14(16)17(20-21)22-11-10-15(24)19-18(22)25/h6,8-9,23H,2-5,7,10-12H2,1H3,(H,19,24,25). The van der Waals surface area contributed by atoms with Crippen LogP contribution in [0.4, 0.5) is 10.6 Å². The Kier molecular flexibility index (Phi) is 5.33. The van der Waals surface area contributed by atoms with Crippen molar-refractivity contribution in [3.05, 3.63) is 23.8 Å². The number of amides is 3. The molecular formula is C18H24N4O3. The van der Waals surface area contributed by atoms with Crippen molar-refractivity contribution in [1.29, 1.82) is 0 Å². The quantitative estimate of drug-likeness (QED) is 0.753. The first kappa shape index (κ1) is 17.4. The van der Waals surface area contributed by atoms with E-state index in [1.165, 1.54) is 10.5 Å². The van der Waals surface area contributed by atoms with Gasteiger partial charge in [0.1, 0.15) is 0 Å². The molecule has 1 aromatic heterocycles. The van der Waals surface area contributed by atoms with Gasteiger partial charge in [-0.2, -0.15) is 5.10 Å². The minimum Gasteiger partial charge on any atom is -0.396 e. The lowest BCUT2D eigenvalue weighted by Crippen LogP contribution is -2.49. The van der Waals surface area contributed by atoms with Gasteiger partial charge < -0.3 is 5.11 Å². The molecule has 7 nitrogen and oxygen atoms in total. The topological polar surface area (TPSA) is 87.5 Å². The van der Waals surface area contributed by atoms with Crippen LogP contribution in [0, 0.1) is 0 Å². The van der Waals surface area contributed by atoms with Crippen LogP contribution in [-0.2, 0) is 18.3 Å². The lowest BCUT2D eigenvalue weighted by molar-refractivity contribution is -0.120. The summed E-state index contributed by atoms with van der Waals surface area (Å²) in [4.78, 5) is 25.0. The highest BCUT2D eigenvalue weighted by Gasteiger charge is 2.28. The number of hydrogen-bond donors (Lipinski definition) is 2. The van der Waals surface area contributed by atoms with Gasteiger partial charge in [0.05, 0.1) is 5.52 Å². The summed E-state index contributed by atoms with van der Waals surface area (Å²) in [7, 11) is 1.88. The van der Waals surface area contributed by atoms with E-state index in [0.717, 1.165) is 43.0 Å². The normalized spacial score (nSPS) is 15.0. The number of aryl methyl sites for hydroxylation is 2. The number of rotatable bonds is 7. The molecular weight excluding hydrogens is 320 g/mol. The second kappa shape index (κ2) is 7.65. The van der Waals surface area contributed by atoms with E-state index >= 15 is 0 Å². The molecule has 0 unspecified atom stereocenters. The van der Waals surface area contributed by atoms with Crippen LogP contribution in [0.2, 0.25) is 0 Å². The Balaban J connectivity index is 1.84. The van der Waals surface area contributed by atoms with Crippen molar-refractivity contribution in [3.8, 4) is 0 Å². The molecule has 3 amide bonds. The number of unbranched alkanes of at least 4 members (excludes halogenated alkanes) is 3. The number of carbonyl (C=O) groups excluding carboxylic acids is 2. The Hall–Kier alpha value is -2.41. The van der Waals surface area contributed by atoms with Crippen molar-refractivity contribution in [3.63, 3.8) is 0 Å². The zero-order valence-electron chi connectivity index (χ0n) is 14.5. The van der Waals surface area contributed by atoms with Crippen LogP contribution in [0.5, 0.6) is 0 Å². The van der Waals surface area contributed by atoms with E-state index in [0.29, 0.717) is 12.4 Å². The van der Waals surface area contributed by atoms with Gasteiger partial charge in [0, 0.05) is 32.0 Å². The summed E-state index contributed by atoms with van der Waals surface area (Å²) in [5.74, 6) is 0.356. The summed E-state index contributed by atoms with van der Waals surface area (Å²) >= 11 is 0. The molecule has 0 bridgehead atoms. The summed E-state index contributed by atoms with van der Waals surface area (Å²) in [6.07, 6.45) is 5.24. The summed E-state index contributed by atoms with van der Waals surface area (Å²) in [6, 6.07) is 5.64. The van der Waals surface area contributed by atoms with Crippen LogP contribution in [0.1, 0.15) is 37.7 Å². The van der Waals surface area contributed by atoms with Crippen LogP contribution in [0.25, 0.3) is 10.9 Å². The maximum Gasteiger partial charge on any atom is 0.329 e. The van der Waals surface area contributed by atoms with Crippen LogP contribution < -0.4 is 10.2 Å². The number of carbonyl (C=O) groups is 2. The van der Waals surface area contributed by atoms with Gasteiger partial charge in [0.25, 0.3) is 0 Å². The number of para-hydroxylation sites is 1. The monoisotopic (exact) mass is 344 g/mol. The number of benzene rings is 1. The van der Waals surface area contributed by atoms with Gasteiger partial charge in [-0.3, -0.25) is 19.7 Å². The number of imide groups is 1. The Morgan fingerprint density at radius 1 is 1.20 bits per heavy atom. The molecule has 0 atom stereocenters. The molecule has 2 heterocycles. The number of hydrogen-bond acceptors (Lipinski definition) is 4. The minimum absolute atomic E-state index is 0.245. The molecule has 3 rings (SSSR count). The zero-order valence-corrected chi connectivity index (χ0v) is 14.5. The lowest BCUT2D eigenvalue weighted by Gasteiger charge is -2.24. The summed E-state index contributed by atoms with van der Waals surface area (Å²) in [5.41, 5.74) is 2.24. The molecule has 1 aliphatic rings. The van der Waals surface area contributed by atoms with E-state index in [-0.39, 0.29) is 18.9 Å². The number of fused-ring (bicyclic) bond motifs is 1. The highest BCUT2D eigenvalue weighted by molar-refractivity contribution is 6.09. The molecule has 1 aromatic carbocycles. The smallest absolute Gasteiger partial charge is 0.329 e. The minimum atomic E-state index is -0.411. The molecule has 2 aromatic rings. The average molecular weight is 344 g/mol. The SMILES string of the molecule is Cn1nc(N2CCC(=O)NC2=O)c2cccc(CCCCCCO)c21. The zero-order chi connectivity index (χ0) is 17.8. The van der Waals surface area contributed by atoms with Crippen molar-refractivity contribution >= 4 is 28.7 Å². The second-order valence-electron chi connectivity index (χ2n) is 6.40. The fourth-order valence-electron chi connectivity index (χ4n) is 3.35. The number of aliphatic hydroxyl groups excluding tert-OH is 1. The van der Waals surface area contributed by atoms with Crippen molar-refractivity contribution < 1.29 is 14.7 Å². The molecule has 134 valence electrons. The van der Waals surface area contributed by atoms with E-state index in [9.17, 15) is 9.59 Å². The highest BCUT2D eigenvalue weighted by Crippen LogP contribution is 2.30. The third kappa shape index (κ3) is 3.66. The van der Waals surface area contributed by atoms with Crippen molar-refractivity contribution in [2.24, 2.45) is 7.05 Å². The van der Waals surface area contributed by atoms with E-state index in [1.807, 2.05) is 23.9 Å². The van der Waals surface area contributed by atoms with Crippen LogP contribution in [0.15, 0.2) is 18.2 Å². The van der Waals surface area contributed by atoms with Crippen LogP contribution in [0.3, 0.4) is 0 Å². The fourth-order valence-corrected chi connectivity index (χ4v) is 3.35. The van der Waals surface area contributed by atoms with Gasteiger partial charge in [-0.15, -0.1) is 0 Å². The Labute approximate surface area is 146 Å². The molecule has 25 heavy (non-hydrogen) atoms. The predicted octanol–water partition coefficient (Wildman–Crippen LogP) is 2.11. The van der Waals surface area contributed by atoms with Crippen molar-refractivity contribution in [2.45, 2.75) is 38.5 Å². The maximum atomic E-state index is 12.1. The fraction of sp³-hybridized carbons (Fsp3) is 0.500. The third-order valence-corrected chi connectivity index (χ3v) is 4.59. The number of aliphatic hydroxyl groups is 1. The molecule has 0 radical (unpaired) electrons. The largest absolute Gasteiger partial charge is 0.396 e. The molecule has 1 saturated heterocycles. The van der Waals surface area contributed by atoms with Crippen LogP contribution >= 0.6 is 0 Å². The molecule has 0 spiro atoms. The predicted molar refractivity (Wildman–Crippen MR) is 95.5 cm³/mol. The summed E-state index contributed by atoms with van der Waals surface area (Å²) in [5, 5.41) is 16.7. The van der Waals surface area contributed by atoms with Crippen LogP contribution in [-0.4, -0.2) is 40.0 Å². The number of aromatic nitrogens is 2. The molecule has 1 fully saturated rings. The summed E-state index contributed by atoms with van der Waals surface area (Å²) < 4.78 is 1.82. The molecule has 0 saturated carbocycles. The van der Waals surface area contributed by atoms with Gasteiger partial charge in [0.2, 0.25) is 5.91 Å². The Morgan fingerprint density at radius 3 is 2.76 bits per heavy atom. The van der Waals surface area contributed by atoms with E-state index in [4.69, 9.17) is 5.11 Å². The van der Waals surface area contributed by atoms with E-state index in [1.54, 1.807) is 0 Å². The van der Waals surface area contributed by atoms with E-state index in [2.05, 4.69) is 16.5 Å². The van der Waals surface area contributed by atoms with Gasteiger partial charge in [0.15, 0.2) is 5.82 Å². The number of urea groups is 1. The second-order valence-corrected chi connectivity index (χ2v) is 6.40. The summed E-state index contributed by atoms with van der Waals surface area (Å²) in [6.45, 7) is 0.600. The molecule has 0 aliphatic carbocycles. The van der Waals surface area contributed by atoms with Gasteiger partial charge in [-0.25, -0.2) is 4.79 Å². The molecule has 7 heteroatoms. The first-order valence-electron chi connectivity index (χ1n) is 8.78. The van der Waals surface area contributed by atoms with Crippen molar-refractivity contribution in [2.75, 3.05) is 18.1 Å². The average Bonchev–Trinajstić information content (AvgIpc) is 2.92. The van der Waals surface area contributed by atoms with Crippen molar-refractivity contribution in [1.82, 2.24) is 15.1 Å².